The van der Waals surface area contributed by atoms with Crippen LogP contribution in [0.15, 0.2) is 18.2 Å². The van der Waals surface area contributed by atoms with Crippen LogP contribution in [0.3, 0.4) is 0 Å². The second-order valence-corrected chi connectivity index (χ2v) is 4.29. The summed E-state index contributed by atoms with van der Waals surface area (Å²) in [6.45, 7) is -0.635. The first-order valence-corrected chi connectivity index (χ1v) is 5.72. The van der Waals surface area contributed by atoms with Gasteiger partial charge in [-0.3, -0.25) is 9.59 Å². The molecule has 0 bridgehead atoms. The number of phenols is 2. The third kappa shape index (κ3) is 2.48. The normalized spacial score (nSPS) is 18.5. The highest BCUT2D eigenvalue weighted by molar-refractivity contribution is 6.01. The first-order valence-electron chi connectivity index (χ1n) is 5.72. The van der Waals surface area contributed by atoms with Crippen molar-refractivity contribution in [1.82, 2.24) is 10.2 Å². The minimum atomic E-state index is -1.27. The average molecular weight is 280 g/mol. The summed E-state index contributed by atoms with van der Waals surface area (Å²) in [4.78, 5) is 35.5. The van der Waals surface area contributed by atoms with Crippen LogP contribution in [0.5, 0.6) is 11.5 Å². The average Bonchev–Trinajstić information content (AvgIpc) is 2.40. The molecule has 0 saturated carbocycles. The van der Waals surface area contributed by atoms with Crippen LogP contribution in [-0.2, 0) is 9.59 Å². The van der Waals surface area contributed by atoms with Crippen molar-refractivity contribution < 1.29 is 29.7 Å². The Morgan fingerprint density at radius 1 is 1.30 bits per heavy atom. The van der Waals surface area contributed by atoms with Gasteiger partial charge in [0.05, 0.1) is 5.56 Å². The summed E-state index contributed by atoms with van der Waals surface area (Å²) in [6, 6.07) is 2.09. The van der Waals surface area contributed by atoms with Crippen molar-refractivity contribution in [3.63, 3.8) is 0 Å². The maximum absolute atomic E-state index is 12.2. The molecule has 0 radical (unpaired) electrons. The Kier molecular flexibility index (Phi) is 3.47. The van der Waals surface area contributed by atoms with Gasteiger partial charge in [0.1, 0.15) is 24.1 Å². The van der Waals surface area contributed by atoms with Crippen LogP contribution in [0.4, 0.5) is 0 Å². The van der Waals surface area contributed by atoms with Gasteiger partial charge < -0.3 is 25.5 Å². The Balaban J connectivity index is 2.36. The number of aliphatic carboxylic acids is 1. The van der Waals surface area contributed by atoms with E-state index in [0.717, 1.165) is 17.0 Å². The maximum atomic E-state index is 12.2. The number of hydrogen-bond acceptors (Lipinski definition) is 5. The van der Waals surface area contributed by atoms with Crippen LogP contribution in [0, 0.1) is 0 Å². The number of piperazine rings is 1. The molecule has 4 N–H and O–H groups in total. The molecule has 8 heteroatoms. The van der Waals surface area contributed by atoms with Crippen molar-refractivity contribution in [2.24, 2.45) is 0 Å². The number of nitrogens with zero attached hydrogens (tertiary/aromatic N) is 1. The van der Waals surface area contributed by atoms with E-state index in [2.05, 4.69) is 5.32 Å². The van der Waals surface area contributed by atoms with Gasteiger partial charge in [-0.25, -0.2) is 4.79 Å². The van der Waals surface area contributed by atoms with Crippen LogP contribution in [0.25, 0.3) is 0 Å². The Morgan fingerprint density at radius 3 is 2.65 bits per heavy atom. The summed E-state index contributed by atoms with van der Waals surface area (Å²) in [5.74, 6) is -3.24. The lowest BCUT2D eigenvalue weighted by Crippen LogP contribution is -2.59. The number of aromatic hydroxyl groups is 2. The third-order valence-corrected chi connectivity index (χ3v) is 2.94. The number of phenolic OH excluding ortho intramolecular Hbond substituents is 2. The summed E-state index contributed by atoms with van der Waals surface area (Å²) in [5.41, 5.74) is -0.258. The summed E-state index contributed by atoms with van der Waals surface area (Å²) in [5, 5.41) is 30.4. The van der Waals surface area contributed by atoms with Gasteiger partial charge in [0.25, 0.3) is 5.91 Å². The van der Waals surface area contributed by atoms with E-state index in [0.29, 0.717) is 0 Å². The number of amides is 2. The Morgan fingerprint density at radius 2 is 2.00 bits per heavy atom. The molecule has 2 rings (SSSR count). The van der Waals surface area contributed by atoms with E-state index >= 15 is 0 Å². The number of benzene rings is 1. The van der Waals surface area contributed by atoms with Crippen molar-refractivity contribution in [3.05, 3.63) is 23.8 Å². The molecule has 1 unspecified atom stereocenters. The van der Waals surface area contributed by atoms with Gasteiger partial charge in [0.2, 0.25) is 5.91 Å². The van der Waals surface area contributed by atoms with Crippen molar-refractivity contribution in [2.45, 2.75) is 6.04 Å². The molecule has 106 valence electrons. The van der Waals surface area contributed by atoms with E-state index in [1.54, 1.807) is 0 Å². The second-order valence-electron chi connectivity index (χ2n) is 4.29. The molecule has 1 aliphatic rings. The lowest BCUT2D eigenvalue weighted by molar-refractivity contribution is -0.144. The van der Waals surface area contributed by atoms with Gasteiger partial charge >= 0.3 is 5.97 Å². The zero-order valence-corrected chi connectivity index (χ0v) is 10.2. The number of carboxylic acid groups (broad SMARTS) is 1. The number of carbonyl (C=O) groups excluding carboxylic acids is 2. The number of nitrogens with one attached hydrogen (secondary N) is 1. The lowest BCUT2D eigenvalue weighted by Gasteiger charge is -2.32. The standard InChI is InChI=1S/C12H12N2O6/c15-6-1-2-9(16)7(3-6)11(18)14-5-10(17)13-4-8(14)12(19)20/h1-3,8,15-16H,4-5H2,(H,13,17)(H,19,20). The van der Waals surface area contributed by atoms with E-state index in [9.17, 15) is 24.6 Å². The van der Waals surface area contributed by atoms with Gasteiger partial charge in [0, 0.05) is 6.54 Å². The third-order valence-electron chi connectivity index (χ3n) is 2.94. The Labute approximate surface area is 113 Å². The molecular formula is C12H12N2O6. The van der Waals surface area contributed by atoms with Crippen LogP contribution in [0.2, 0.25) is 0 Å². The first kappa shape index (κ1) is 13.7. The molecule has 0 spiro atoms. The number of rotatable bonds is 2. The van der Waals surface area contributed by atoms with E-state index in [1.165, 1.54) is 6.07 Å². The van der Waals surface area contributed by atoms with Gasteiger partial charge in [-0.15, -0.1) is 0 Å². The fourth-order valence-electron chi connectivity index (χ4n) is 1.93. The molecule has 8 nitrogen and oxygen atoms in total. The van der Waals surface area contributed by atoms with Crippen LogP contribution in [-0.4, -0.2) is 57.1 Å². The summed E-state index contributed by atoms with van der Waals surface area (Å²) < 4.78 is 0. The molecule has 0 aromatic heterocycles. The predicted octanol–water partition coefficient (Wildman–Crippen LogP) is -0.877. The van der Waals surface area contributed by atoms with Crippen LogP contribution in [0.1, 0.15) is 10.4 Å². The monoisotopic (exact) mass is 280 g/mol. The van der Waals surface area contributed by atoms with Crippen LogP contribution >= 0.6 is 0 Å². The second kappa shape index (κ2) is 5.08. The molecular weight excluding hydrogens is 268 g/mol. The molecule has 2 amide bonds. The van der Waals surface area contributed by atoms with E-state index < -0.39 is 36.1 Å². The van der Waals surface area contributed by atoms with Gasteiger partial charge in [0.15, 0.2) is 0 Å². The van der Waals surface area contributed by atoms with Crippen molar-refractivity contribution in [1.29, 1.82) is 0 Å². The highest BCUT2D eigenvalue weighted by atomic mass is 16.4. The molecule has 1 aliphatic heterocycles. The topological polar surface area (TPSA) is 127 Å². The van der Waals surface area contributed by atoms with Gasteiger partial charge in [-0.1, -0.05) is 0 Å². The fraction of sp³-hybridized carbons (Fsp3) is 0.250. The highest BCUT2D eigenvalue weighted by Crippen LogP contribution is 2.24. The quantitative estimate of drug-likeness (QED) is 0.521. The molecule has 20 heavy (non-hydrogen) atoms. The van der Waals surface area contributed by atoms with Gasteiger partial charge in [-0.2, -0.15) is 0 Å². The zero-order valence-electron chi connectivity index (χ0n) is 10.2. The largest absolute Gasteiger partial charge is 0.508 e. The predicted molar refractivity (Wildman–Crippen MR) is 65.2 cm³/mol. The number of carbonyl (C=O) groups is 3. The van der Waals surface area contributed by atoms with Crippen molar-refractivity contribution in [2.75, 3.05) is 13.1 Å². The maximum Gasteiger partial charge on any atom is 0.328 e. The van der Waals surface area contributed by atoms with Crippen LogP contribution < -0.4 is 5.32 Å². The summed E-state index contributed by atoms with van der Waals surface area (Å²) in [6.07, 6.45) is 0. The van der Waals surface area contributed by atoms with Crippen molar-refractivity contribution in [3.8, 4) is 11.5 Å². The molecule has 1 heterocycles. The SMILES string of the molecule is O=C1CN(C(=O)c2cc(O)ccc2O)C(C(=O)O)CN1. The first-order chi connectivity index (χ1) is 9.40. The molecule has 1 aromatic carbocycles. The van der Waals surface area contributed by atoms with Crippen molar-refractivity contribution >= 4 is 17.8 Å². The molecule has 0 aliphatic carbocycles. The summed E-state index contributed by atoms with van der Waals surface area (Å²) in [7, 11) is 0. The minimum Gasteiger partial charge on any atom is -0.508 e. The fourth-order valence-corrected chi connectivity index (χ4v) is 1.93. The molecule has 1 aromatic rings. The lowest BCUT2D eigenvalue weighted by atomic mass is 10.1. The van der Waals surface area contributed by atoms with Gasteiger partial charge in [-0.05, 0) is 18.2 Å². The summed E-state index contributed by atoms with van der Waals surface area (Å²) >= 11 is 0. The smallest absolute Gasteiger partial charge is 0.328 e. The Hall–Kier alpha value is -2.77. The molecule has 1 saturated heterocycles. The molecule has 1 fully saturated rings. The highest BCUT2D eigenvalue weighted by Gasteiger charge is 2.36. The Bertz CT molecular complexity index is 585. The van der Waals surface area contributed by atoms with E-state index in [1.807, 2.05) is 0 Å². The number of carboxylic acids is 1. The van der Waals surface area contributed by atoms with E-state index in [4.69, 9.17) is 5.11 Å². The molecule has 1 atom stereocenters. The number of hydrogen-bond donors (Lipinski definition) is 4. The minimum absolute atomic E-state index is 0.209. The zero-order chi connectivity index (χ0) is 14.9. The van der Waals surface area contributed by atoms with E-state index in [-0.39, 0.29) is 17.9 Å².